The molecule has 0 aliphatic carbocycles. The third kappa shape index (κ3) is 4.75. The smallest absolute Gasteiger partial charge is 0.124 e. The molecule has 96 valence electrons. The molecule has 1 aromatic carbocycles. The highest BCUT2D eigenvalue weighted by Gasteiger charge is 2.12. The van der Waals surface area contributed by atoms with Crippen LogP contribution in [0, 0.1) is 0 Å². The van der Waals surface area contributed by atoms with Gasteiger partial charge in [-0.05, 0) is 32.9 Å². The molecule has 0 heterocycles. The summed E-state index contributed by atoms with van der Waals surface area (Å²) in [4.78, 5) is 0. The van der Waals surface area contributed by atoms with Crippen LogP contribution in [0.2, 0.25) is 0 Å². The molecule has 0 bridgehead atoms. The van der Waals surface area contributed by atoms with Crippen molar-refractivity contribution in [1.29, 1.82) is 0 Å². The molecule has 0 saturated heterocycles. The van der Waals surface area contributed by atoms with Crippen LogP contribution in [0.15, 0.2) is 24.3 Å². The van der Waals surface area contributed by atoms with Crippen LogP contribution in [-0.4, -0.2) is 23.9 Å². The zero-order chi connectivity index (χ0) is 12.7. The molecule has 2 atom stereocenters. The van der Waals surface area contributed by atoms with Gasteiger partial charge in [0.15, 0.2) is 0 Å². The minimum absolute atomic E-state index is 0.192. The molecule has 3 nitrogen and oxygen atoms in total. The minimum atomic E-state index is -0.466. The van der Waals surface area contributed by atoms with Gasteiger partial charge >= 0.3 is 0 Å². The average Bonchev–Trinajstić information content (AvgIpc) is 2.31. The molecule has 0 aliphatic heterocycles. The van der Waals surface area contributed by atoms with Gasteiger partial charge in [0.2, 0.25) is 0 Å². The Labute approximate surface area is 104 Å². The number of rotatable bonds is 7. The number of para-hydroxylation sites is 1. The molecule has 0 saturated carbocycles. The third-order valence-electron chi connectivity index (χ3n) is 2.71. The van der Waals surface area contributed by atoms with E-state index < -0.39 is 6.10 Å². The summed E-state index contributed by atoms with van der Waals surface area (Å²) in [5, 5.41) is 12.8. The van der Waals surface area contributed by atoms with Crippen molar-refractivity contribution in [2.24, 2.45) is 0 Å². The maximum atomic E-state index is 9.45. The molecule has 0 amide bonds. The van der Waals surface area contributed by atoms with Gasteiger partial charge in [0.05, 0.1) is 6.10 Å². The van der Waals surface area contributed by atoms with Crippen molar-refractivity contribution in [3.05, 3.63) is 29.8 Å². The predicted molar refractivity (Wildman–Crippen MR) is 70.2 cm³/mol. The van der Waals surface area contributed by atoms with Gasteiger partial charge in [0.1, 0.15) is 11.9 Å². The van der Waals surface area contributed by atoms with Crippen LogP contribution in [-0.2, 0) is 6.54 Å². The Kier molecular flexibility index (Phi) is 6.01. The van der Waals surface area contributed by atoms with Crippen molar-refractivity contribution in [3.63, 3.8) is 0 Å². The molecule has 2 unspecified atom stereocenters. The van der Waals surface area contributed by atoms with Gasteiger partial charge in [-0.25, -0.2) is 0 Å². The summed E-state index contributed by atoms with van der Waals surface area (Å²) in [6, 6.07) is 7.95. The van der Waals surface area contributed by atoms with E-state index in [-0.39, 0.29) is 6.10 Å². The van der Waals surface area contributed by atoms with E-state index in [4.69, 9.17) is 4.74 Å². The molecular formula is C14H23NO2. The van der Waals surface area contributed by atoms with Crippen molar-refractivity contribution in [2.75, 3.05) is 6.54 Å². The Morgan fingerprint density at radius 1 is 1.29 bits per heavy atom. The molecule has 1 aromatic rings. The van der Waals surface area contributed by atoms with E-state index in [1.807, 2.05) is 31.2 Å². The first kappa shape index (κ1) is 14.0. The number of aliphatic hydroxyl groups excluding tert-OH is 1. The summed E-state index contributed by atoms with van der Waals surface area (Å²) in [5.41, 5.74) is 1.13. The molecular weight excluding hydrogens is 214 g/mol. The number of ether oxygens (including phenoxy) is 1. The Hall–Kier alpha value is -1.06. The maximum absolute atomic E-state index is 9.45. The molecule has 0 aliphatic rings. The van der Waals surface area contributed by atoms with Gasteiger partial charge in [-0.1, -0.05) is 25.1 Å². The first-order chi connectivity index (χ1) is 8.15. The number of benzene rings is 1. The lowest BCUT2D eigenvalue weighted by atomic mass is 10.2. The lowest BCUT2D eigenvalue weighted by Crippen LogP contribution is -2.26. The van der Waals surface area contributed by atoms with Crippen LogP contribution in [0.25, 0.3) is 0 Å². The van der Waals surface area contributed by atoms with Crippen LogP contribution < -0.4 is 10.1 Å². The fourth-order valence-electron chi connectivity index (χ4n) is 1.46. The summed E-state index contributed by atoms with van der Waals surface area (Å²) in [6.07, 6.45) is 0.460. The fourth-order valence-corrected chi connectivity index (χ4v) is 1.46. The Balaban J connectivity index is 2.63. The lowest BCUT2D eigenvalue weighted by Gasteiger charge is -2.19. The van der Waals surface area contributed by atoms with Crippen molar-refractivity contribution in [2.45, 2.75) is 45.9 Å². The fraction of sp³-hybridized carbons (Fsp3) is 0.571. The van der Waals surface area contributed by atoms with Crippen LogP contribution in [0.3, 0.4) is 0 Å². The van der Waals surface area contributed by atoms with E-state index in [9.17, 15) is 5.11 Å². The van der Waals surface area contributed by atoms with Crippen LogP contribution in [0.4, 0.5) is 0 Å². The minimum Gasteiger partial charge on any atom is -0.488 e. The topological polar surface area (TPSA) is 41.5 Å². The van der Waals surface area contributed by atoms with Gasteiger partial charge in [-0.15, -0.1) is 0 Å². The summed E-state index contributed by atoms with van der Waals surface area (Å²) in [7, 11) is 0. The lowest BCUT2D eigenvalue weighted by molar-refractivity contribution is 0.0597. The molecule has 0 fully saturated rings. The van der Waals surface area contributed by atoms with Crippen molar-refractivity contribution < 1.29 is 9.84 Å². The Morgan fingerprint density at radius 3 is 2.65 bits per heavy atom. The van der Waals surface area contributed by atoms with E-state index in [1.165, 1.54) is 0 Å². The summed E-state index contributed by atoms with van der Waals surface area (Å²) >= 11 is 0. The van der Waals surface area contributed by atoms with Gasteiger partial charge < -0.3 is 15.2 Å². The highest BCUT2D eigenvalue weighted by atomic mass is 16.5. The number of hydrogen-bond acceptors (Lipinski definition) is 3. The van der Waals surface area contributed by atoms with E-state index in [0.29, 0.717) is 0 Å². The largest absolute Gasteiger partial charge is 0.488 e. The standard InChI is InChI=1S/C14H23NO2/c1-4-9-15-10-13-7-5-6-8-14(13)17-12(3)11(2)16/h5-8,11-12,15-16H,4,9-10H2,1-3H3. The van der Waals surface area contributed by atoms with E-state index >= 15 is 0 Å². The predicted octanol–water partition coefficient (Wildman–Crippen LogP) is 2.33. The van der Waals surface area contributed by atoms with Gasteiger partial charge in [-0.2, -0.15) is 0 Å². The highest BCUT2D eigenvalue weighted by Crippen LogP contribution is 2.19. The maximum Gasteiger partial charge on any atom is 0.124 e. The monoisotopic (exact) mass is 237 g/mol. The zero-order valence-corrected chi connectivity index (χ0v) is 10.9. The number of nitrogens with one attached hydrogen (secondary N) is 1. The quantitative estimate of drug-likeness (QED) is 0.715. The second-order valence-electron chi connectivity index (χ2n) is 4.35. The number of aliphatic hydroxyl groups is 1. The molecule has 2 N–H and O–H groups in total. The summed E-state index contributed by atoms with van der Waals surface area (Å²) in [6.45, 7) is 7.56. The molecule has 0 radical (unpaired) electrons. The number of hydrogen-bond donors (Lipinski definition) is 2. The summed E-state index contributed by atoms with van der Waals surface area (Å²) in [5.74, 6) is 0.851. The SMILES string of the molecule is CCCNCc1ccccc1OC(C)C(C)O. The second kappa shape index (κ2) is 7.30. The molecule has 0 spiro atoms. The van der Waals surface area contributed by atoms with E-state index in [1.54, 1.807) is 6.92 Å². The second-order valence-corrected chi connectivity index (χ2v) is 4.35. The van der Waals surface area contributed by atoms with Gasteiger partial charge in [0, 0.05) is 12.1 Å². The van der Waals surface area contributed by atoms with Crippen molar-refractivity contribution >= 4 is 0 Å². The Morgan fingerprint density at radius 2 is 2.00 bits per heavy atom. The molecule has 1 rings (SSSR count). The average molecular weight is 237 g/mol. The first-order valence-electron chi connectivity index (χ1n) is 6.28. The zero-order valence-electron chi connectivity index (χ0n) is 10.9. The third-order valence-corrected chi connectivity index (χ3v) is 2.71. The first-order valence-corrected chi connectivity index (χ1v) is 6.28. The van der Waals surface area contributed by atoms with Gasteiger partial charge in [0.25, 0.3) is 0 Å². The van der Waals surface area contributed by atoms with E-state index in [2.05, 4.69) is 12.2 Å². The highest BCUT2D eigenvalue weighted by molar-refractivity contribution is 5.33. The van der Waals surface area contributed by atoms with Crippen LogP contribution >= 0.6 is 0 Å². The van der Waals surface area contributed by atoms with Crippen LogP contribution in [0.5, 0.6) is 5.75 Å². The molecule has 0 aromatic heterocycles. The normalized spacial score (nSPS) is 14.4. The van der Waals surface area contributed by atoms with Crippen LogP contribution in [0.1, 0.15) is 32.8 Å². The van der Waals surface area contributed by atoms with E-state index in [0.717, 1.165) is 30.8 Å². The summed E-state index contributed by atoms with van der Waals surface area (Å²) < 4.78 is 5.75. The van der Waals surface area contributed by atoms with Gasteiger partial charge in [-0.3, -0.25) is 0 Å². The van der Waals surface area contributed by atoms with Crippen molar-refractivity contribution in [1.82, 2.24) is 5.32 Å². The molecule has 3 heteroatoms. The molecule has 17 heavy (non-hydrogen) atoms. The Bertz CT molecular complexity index is 326. The van der Waals surface area contributed by atoms with Crippen molar-refractivity contribution in [3.8, 4) is 5.75 Å².